The van der Waals surface area contributed by atoms with E-state index in [0.29, 0.717) is 24.4 Å². The van der Waals surface area contributed by atoms with Crippen LogP contribution in [0.5, 0.6) is 0 Å². The Morgan fingerprint density at radius 3 is 2.84 bits per heavy atom. The Balaban J connectivity index is 1.50. The highest BCUT2D eigenvalue weighted by atomic mass is 16.2. The second kappa shape index (κ2) is 6.16. The van der Waals surface area contributed by atoms with E-state index < -0.39 is 0 Å². The predicted molar refractivity (Wildman–Crippen MR) is 92.7 cm³/mol. The predicted octanol–water partition coefficient (Wildman–Crippen LogP) is 1.75. The fourth-order valence-electron chi connectivity index (χ4n) is 3.39. The molecule has 0 aromatic carbocycles. The maximum absolute atomic E-state index is 12.6. The molecule has 128 valence electrons. The molecule has 1 fully saturated rings. The summed E-state index contributed by atoms with van der Waals surface area (Å²) in [7, 11) is 0. The lowest BCUT2D eigenvalue weighted by Crippen LogP contribution is -2.39. The van der Waals surface area contributed by atoms with Gasteiger partial charge >= 0.3 is 0 Å². The first-order valence-corrected chi connectivity index (χ1v) is 8.41. The maximum Gasteiger partial charge on any atom is 0.272 e. The van der Waals surface area contributed by atoms with Gasteiger partial charge in [0.05, 0.1) is 5.69 Å². The molecule has 0 radical (unpaired) electrons. The molecular formula is C18H19N5O2. The normalized spacial score (nSPS) is 15.6. The number of pyridine rings is 1. The molecule has 7 nitrogen and oxygen atoms in total. The van der Waals surface area contributed by atoms with Crippen molar-refractivity contribution in [3.63, 3.8) is 0 Å². The molecular weight excluding hydrogens is 318 g/mol. The molecule has 3 aromatic rings. The Kier molecular flexibility index (Phi) is 3.83. The third kappa shape index (κ3) is 2.82. The molecule has 4 rings (SSSR count). The number of nitrogens with one attached hydrogen (secondary N) is 1. The van der Waals surface area contributed by atoms with E-state index in [4.69, 9.17) is 0 Å². The number of piperidine rings is 1. The topological polar surface area (TPSA) is 83.4 Å². The standard InChI is InChI=1S/C18H19N5O2/c1-12-3-2-7-19-17(12)18(25)22-9-5-13(6-10-22)14-11-16(24)23-15(21-14)4-8-20-23/h2-4,7-8,11,13,20H,5-6,9-10H2,1H3. The van der Waals surface area contributed by atoms with Gasteiger partial charge in [-0.3, -0.25) is 19.7 Å². The summed E-state index contributed by atoms with van der Waals surface area (Å²) in [6.07, 6.45) is 4.94. The summed E-state index contributed by atoms with van der Waals surface area (Å²) in [5.74, 6) is 0.173. The van der Waals surface area contributed by atoms with Crippen LogP contribution in [0.3, 0.4) is 0 Å². The van der Waals surface area contributed by atoms with Crippen LogP contribution in [-0.4, -0.2) is 43.5 Å². The number of carbonyl (C=O) groups excluding carboxylic acids is 1. The van der Waals surface area contributed by atoms with Crippen LogP contribution in [0.2, 0.25) is 0 Å². The molecule has 0 aliphatic carbocycles. The SMILES string of the molecule is Cc1cccnc1C(=O)N1CCC(c2cc(=O)n3[nH]ccc3n2)CC1. The van der Waals surface area contributed by atoms with Crippen molar-refractivity contribution in [3.8, 4) is 0 Å². The first kappa shape index (κ1) is 15.6. The third-order valence-electron chi connectivity index (χ3n) is 4.81. The summed E-state index contributed by atoms with van der Waals surface area (Å²) < 4.78 is 1.42. The van der Waals surface area contributed by atoms with Crippen LogP contribution in [0.1, 0.15) is 40.5 Å². The molecule has 1 N–H and O–H groups in total. The second-order valence-electron chi connectivity index (χ2n) is 6.41. The van der Waals surface area contributed by atoms with E-state index in [2.05, 4.69) is 15.1 Å². The smallest absolute Gasteiger partial charge is 0.272 e. The van der Waals surface area contributed by atoms with Gasteiger partial charge in [0.15, 0.2) is 5.65 Å². The molecule has 1 saturated heterocycles. The zero-order valence-electron chi connectivity index (χ0n) is 14.0. The van der Waals surface area contributed by atoms with E-state index in [1.165, 1.54) is 4.52 Å². The van der Waals surface area contributed by atoms with Crippen molar-refractivity contribution in [2.45, 2.75) is 25.7 Å². The number of carbonyl (C=O) groups is 1. The van der Waals surface area contributed by atoms with Gasteiger partial charge in [-0.1, -0.05) is 6.07 Å². The van der Waals surface area contributed by atoms with Gasteiger partial charge in [0, 0.05) is 43.5 Å². The van der Waals surface area contributed by atoms with Crippen LogP contribution in [-0.2, 0) is 0 Å². The van der Waals surface area contributed by atoms with Gasteiger partial charge in [-0.25, -0.2) is 9.50 Å². The van der Waals surface area contributed by atoms with Crippen LogP contribution in [0, 0.1) is 6.92 Å². The van der Waals surface area contributed by atoms with Gasteiger partial charge in [-0.2, -0.15) is 0 Å². The fraction of sp³-hybridized carbons (Fsp3) is 0.333. The van der Waals surface area contributed by atoms with Crippen molar-refractivity contribution in [2.75, 3.05) is 13.1 Å². The highest BCUT2D eigenvalue weighted by molar-refractivity contribution is 5.93. The number of aromatic amines is 1. The molecule has 3 aromatic heterocycles. The highest BCUT2D eigenvalue weighted by Gasteiger charge is 2.27. The summed E-state index contributed by atoms with van der Waals surface area (Å²) in [6, 6.07) is 7.11. The molecule has 0 atom stereocenters. The van der Waals surface area contributed by atoms with Gasteiger partial charge < -0.3 is 4.90 Å². The van der Waals surface area contributed by atoms with Crippen LogP contribution in [0.25, 0.3) is 5.65 Å². The van der Waals surface area contributed by atoms with Crippen molar-refractivity contribution in [2.24, 2.45) is 0 Å². The number of hydrogen-bond acceptors (Lipinski definition) is 4. The Hall–Kier alpha value is -2.96. The first-order chi connectivity index (χ1) is 12.1. The minimum absolute atomic E-state index is 0.0225. The van der Waals surface area contributed by atoms with E-state index in [9.17, 15) is 9.59 Å². The van der Waals surface area contributed by atoms with Crippen molar-refractivity contribution < 1.29 is 4.79 Å². The molecule has 0 unspecified atom stereocenters. The summed E-state index contributed by atoms with van der Waals surface area (Å²) in [6.45, 7) is 3.19. The molecule has 0 saturated carbocycles. The van der Waals surface area contributed by atoms with Crippen molar-refractivity contribution >= 4 is 11.6 Å². The van der Waals surface area contributed by atoms with E-state index >= 15 is 0 Å². The highest BCUT2D eigenvalue weighted by Crippen LogP contribution is 2.27. The molecule has 1 aliphatic heterocycles. The van der Waals surface area contributed by atoms with Gasteiger partial charge in [0.2, 0.25) is 0 Å². The Labute approximate surface area is 144 Å². The van der Waals surface area contributed by atoms with Gasteiger partial charge in [-0.15, -0.1) is 0 Å². The third-order valence-corrected chi connectivity index (χ3v) is 4.81. The number of aromatic nitrogens is 4. The molecule has 25 heavy (non-hydrogen) atoms. The fourth-order valence-corrected chi connectivity index (χ4v) is 3.39. The quantitative estimate of drug-likeness (QED) is 0.772. The van der Waals surface area contributed by atoms with Crippen molar-refractivity contribution in [1.82, 2.24) is 24.5 Å². The van der Waals surface area contributed by atoms with E-state index in [1.807, 2.05) is 24.0 Å². The van der Waals surface area contributed by atoms with Gasteiger partial charge in [-0.05, 0) is 31.4 Å². The number of nitrogens with zero attached hydrogens (tertiary/aromatic N) is 4. The van der Waals surface area contributed by atoms with Crippen LogP contribution in [0.15, 0.2) is 41.5 Å². The van der Waals surface area contributed by atoms with Crippen molar-refractivity contribution in [3.05, 3.63) is 64.0 Å². The number of H-pyrrole nitrogens is 1. The molecule has 0 spiro atoms. The number of fused-ring (bicyclic) bond motifs is 1. The zero-order valence-corrected chi connectivity index (χ0v) is 14.0. The zero-order chi connectivity index (χ0) is 17.4. The number of amides is 1. The number of rotatable bonds is 2. The maximum atomic E-state index is 12.6. The van der Waals surface area contributed by atoms with Gasteiger partial charge in [0.25, 0.3) is 11.5 Å². The first-order valence-electron chi connectivity index (χ1n) is 8.41. The summed E-state index contributed by atoms with van der Waals surface area (Å²) >= 11 is 0. The monoisotopic (exact) mass is 337 g/mol. The second-order valence-corrected chi connectivity index (χ2v) is 6.41. The lowest BCUT2D eigenvalue weighted by molar-refractivity contribution is 0.0705. The number of likely N-dealkylation sites (tertiary alicyclic amines) is 1. The Bertz CT molecular complexity index is 982. The van der Waals surface area contributed by atoms with Crippen LogP contribution >= 0.6 is 0 Å². The summed E-state index contributed by atoms with van der Waals surface area (Å²) in [5, 5.41) is 2.85. The molecule has 1 amide bonds. The minimum Gasteiger partial charge on any atom is -0.337 e. The lowest BCUT2D eigenvalue weighted by Gasteiger charge is -2.31. The number of hydrogen-bond donors (Lipinski definition) is 1. The average Bonchev–Trinajstić information content (AvgIpc) is 3.11. The summed E-state index contributed by atoms with van der Waals surface area (Å²) in [4.78, 5) is 35.4. The molecule has 7 heteroatoms. The van der Waals surface area contributed by atoms with E-state index in [-0.39, 0.29) is 17.4 Å². The minimum atomic E-state index is -0.104. The molecule has 1 aliphatic rings. The molecule has 0 bridgehead atoms. The summed E-state index contributed by atoms with van der Waals surface area (Å²) in [5.41, 5.74) is 2.75. The Morgan fingerprint density at radius 1 is 1.28 bits per heavy atom. The van der Waals surface area contributed by atoms with E-state index in [1.54, 1.807) is 24.5 Å². The largest absolute Gasteiger partial charge is 0.337 e. The van der Waals surface area contributed by atoms with Crippen LogP contribution < -0.4 is 5.56 Å². The lowest BCUT2D eigenvalue weighted by atomic mass is 9.93. The van der Waals surface area contributed by atoms with Crippen LogP contribution in [0.4, 0.5) is 0 Å². The Morgan fingerprint density at radius 2 is 2.08 bits per heavy atom. The number of aryl methyl sites for hydroxylation is 1. The van der Waals surface area contributed by atoms with Crippen molar-refractivity contribution in [1.29, 1.82) is 0 Å². The van der Waals surface area contributed by atoms with Gasteiger partial charge in [0.1, 0.15) is 5.69 Å². The molecule has 4 heterocycles. The van der Waals surface area contributed by atoms with E-state index in [0.717, 1.165) is 24.1 Å². The average molecular weight is 337 g/mol.